The smallest absolute Gasteiger partial charge is 0.170 e. The van der Waals surface area contributed by atoms with Crippen LogP contribution in [0.3, 0.4) is 0 Å². The number of rotatable bonds is 5. The molecule has 0 saturated heterocycles. The first-order chi connectivity index (χ1) is 12.0. The zero-order chi connectivity index (χ0) is 17.8. The monoisotopic (exact) mass is 417 g/mol. The lowest BCUT2D eigenvalue weighted by Crippen LogP contribution is -2.34. The number of hydrogen-bond acceptors (Lipinski definition) is 2. The molecule has 0 spiro atoms. The number of nitrogens with one attached hydrogen (secondary N) is 2. The van der Waals surface area contributed by atoms with E-state index in [4.69, 9.17) is 12.2 Å². The molecule has 0 aromatic heterocycles. The van der Waals surface area contributed by atoms with E-state index in [2.05, 4.69) is 75.6 Å². The molecular weight excluding hydrogens is 394 g/mol. The molecular formula is C20H24BrN3S. The van der Waals surface area contributed by atoms with E-state index in [-0.39, 0.29) is 0 Å². The third kappa shape index (κ3) is 4.53. The van der Waals surface area contributed by atoms with Crippen molar-refractivity contribution in [2.24, 2.45) is 0 Å². The Balaban J connectivity index is 1.44. The Labute approximate surface area is 163 Å². The Morgan fingerprint density at radius 3 is 2.88 bits per heavy atom. The standard InChI is InChI=1S/C20H24BrN3S/c1-14-12-17(8-9-18(14)21)23-20(25)22-10-5-11-24-15(2)13-16-6-3-4-7-19(16)24/h3-4,6-9,12,15H,5,10-11,13H2,1-2H3,(H2,22,23,25)/t15-/m0/s1. The molecule has 0 amide bonds. The van der Waals surface area contributed by atoms with Crippen molar-refractivity contribution < 1.29 is 0 Å². The predicted molar refractivity (Wildman–Crippen MR) is 115 cm³/mol. The van der Waals surface area contributed by atoms with E-state index in [0.717, 1.165) is 36.1 Å². The van der Waals surface area contributed by atoms with Crippen LogP contribution in [0.15, 0.2) is 46.9 Å². The number of halogens is 1. The summed E-state index contributed by atoms with van der Waals surface area (Å²) in [4.78, 5) is 2.51. The van der Waals surface area contributed by atoms with E-state index in [1.807, 2.05) is 12.1 Å². The van der Waals surface area contributed by atoms with Crippen molar-refractivity contribution in [1.29, 1.82) is 0 Å². The zero-order valence-corrected chi connectivity index (χ0v) is 17.1. The van der Waals surface area contributed by atoms with Gasteiger partial charge in [0.2, 0.25) is 0 Å². The van der Waals surface area contributed by atoms with Gasteiger partial charge in [-0.25, -0.2) is 0 Å². The molecule has 0 unspecified atom stereocenters. The summed E-state index contributed by atoms with van der Waals surface area (Å²) in [7, 11) is 0. The van der Waals surface area contributed by atoms with Gasteiger partial charge in [-0.1, -0.05) is 34.1 Å². The molecule has 25 heavy (non-hydrogen) atoms. The number of hydrogen-bond donors (Lipinski definition) is 2. The normalized spacial score (nSPS) is 15.8. The topological polar surface area (TPSA) is 27.3 Å². The molecule has 0 bridgehead atoms. The third-order valence-corrected chi connectivity index (χ3v) is 5.76. The molecule has 0 radical (unpaired) electrons. The fourth-order valence-electron chi connectivity index (χ4n) is 3.32. The van der Waals surface area contributed by atoms with Crippen LogP contribution in [-0.4, -0.2) is 24.2 Å². The number of thiocarbonyl (C=S) groups is 1. The van der Waals surface area contributed by atoms with Crippen molar-refractivity contribution in [3.05, 3.63) is 58.1 Å². The molecule has 1 atom stereocenters. The van der Waals surface area contributed by atoms with Crippen LogP contribution in [-0.2, 0) is 6.42 Å². The summed E-state index contributed by atoms with van der Waals surface area (Å²) in [6.45, 7) is 6.29. The average Bonchev–Trinajstić information content (AvgIpc) is 2.90. The number of anilines is 2. The van der Waals surface area contributed by atoms with Crippen LogP contribution in [0.25, 0.3) is 0 Å². The molecule has 132 valence electrons. The van der Waals surface area contributed by atoms with Crippen LogP contribution in [0.1, 0.15) is 24.5 Å². The van der Waals surface area contributed by atoms with Crippen LogP contribution in [0.2, 0.25) is 0 Å². The van der Waals surface area contributed by atoms with Crippen molar-refractivity contribution in [3.63, 3.8) is 0 Å². The first-order valence-electron chi connectivity index (χ1n) is 8.70. The van der Waals surface area contributed by atoms with Crippen molar-refractivity contribution in [3.8, 4) is 0 Å². The highest BCUT2D eigenvalue weighted by Gasteiger charge is 2.24. The van der Waals surface area contributed by atoms with Gasteiger partial charge >= 0.3 is 0 Å². The maximum Gasteiger partial charge on any atom is 0.170 e. The fraction of sp³-hybridized carbons (Fsp3) is 0.350. The van der Waals surface area contributed by atoms with E-state index in [0.29, 0.717) is 11.2 Å². The molecule has 0 aliphatic carbocycles. The summed E-state index contributed by atoms with van der Waals surface area (Å²) in [5.74, 6) is 0. The van der Waals surface area contributed by atoms with Gasteiger partial charge in [0.05, 0.1) is 0 Å². The van der Waals surface area contributed by atoms with Gasteiger partial charge in [-0.3, -0.25) is 0 Å². The van der Waals surface area contributed by atoms with Gasteiger partial charge < -0.3 is 15.5 Å². The number of aryl methyl sites for hydroxylation is 1. The van der Waals surface area contributed by atoms with Gasteiger partial charge in [0.25, 0.3) is 0 Å². The molecule has 5 heteroatoms. The van der Waals surface area contributed by atoms with E-state index in [9.17, 15) is 0 Å². The van der Waals surface area contributed by atoms with E-state index in [1.54, 1.807) is 0 Å². The van der Waals surface area contributed by atoms with Gasteiger partial charge in [-0.05, 0) is 74.3 Å². The molecule has 2 aromatic carbocycles. The Morgan fingerprint density at radius 1 is 1.28 bits per heavy atom. The van der Waals surface area contributed by atoms with Crippen LogP contribution < -0.4 is 15.5 Å². The average molecular weight is 418 g/mol. The summed E-state index contributed by atoms with van der Waals surface area (Å²) in [6, 6.07) is 15.4. The summed E-state index contributed by atoms with van der Waals surface area (Å²) < 4.78 is 1.11. The highest BCUT2D eigenvalue weighted by molar-refractivity contribution is 9.10. The van der Waals surface area contributed by atoms with E-state index >= 15 is 0 Å². The van der Waals surface area contributed by atoms with Crippen molar-refractivity contribution in [2.45, 2.75) is 32.7 Å². The van der Waals surface area contributed by atoms with Crippen molar-refractivity contribution in [2.75, 3.05) is 23.3 Å². The first kappa shape index (κ1) is 18.2. The summed E-state index contributed by atoms with van der Waals surface area (Å²) >= 11 is 8.91. The Kier molecular flexibility index (Phi) is 5.97. The van der Waals surface area contributed by atoms with Crippen LogP contribution >= 0.6 is 28.1 Å². The SMILES string of the molecule is Cc1cc(NC(=S)NCCCN2c3ccccc3C[C@@H]2C)ccc1Br. The molecule has 1 heterocycles. The zero-order valence-electron chi connectivity index (χ0n) is 14.7. The number of fused-ring (bicyclic) bond motifs is 1. The minimum Gasteiger partial charge on any atom is -0.368 e. The van der Waals surface area contributed by atoms with Crippen LogP contribution in [0.5, 0.6) is 0 Å². The lowest BCUT2D eigenvalue weighted by atomic mass is 10.1. The maximum absolute atomic E-state index is 5.40. The van der Waals surface area contributed by atoms with Crippen molar-refractivity contribution >= 4 is 44.6 Å². The van der Waals surface area contributed by atoms with E-state index in [1.165, 1.54) is 16.8 Å². The van der Waals surface area contributed by atoms with Gasteiger partial charge in [0, 0.05) is 35.0 Å². The van der Waals surface area contributed by atoms with Crippen LogP contribution in [0, 0.1) is 6.92 Å². The van der Waals surface area contributed by atoms with Crippen LogP contribution in [0.4, 0.5) is 11.4 Å². The molecule has 2 N–H and O–H groups in total. The third-order valence-electron chi connectivity index (χ3n) is 4.63. The molecule has 0 saturated carbocycles. The van der Waals surface area contributed by atoms with Gasteiger partial charge in [0.1, 0.15) is 0 Å². The summed E-state index contributed by atoms with van der Waals surface area (Å²) in [6.07, 6.45) is 2.20. The highest BCUT2D eigenvalue weighted by atomic mass is 79.9. The largest absolute Gasteiger partial charge is 0.368 e. The Hall–Kier alpha value is -1.59. The van der Waals surface area contributed by atoms with Gasteiger partial charge in [0.15, 0.2) is 5.11 Å². The minimum atomic E-state index is 0.577. The Morgan fingerprint density at radius 2 is 2.08 bits per heavy atom. The second-order valence-electron chi connectivity index (χ2n) is 6.57. The molecule has 0 fully saturated rings. The van der Waals surface area contributed by atoms with Crippen molar-refractivity contribution in [1.82, 2.24) is 5.32 Å². The molecule has 3 nitrogen and oxygen atoms in total. The second kappa shape index (κ2) is 8.19. The highest BCUT2D eigenvalue weighted by Crippen LogP contribution is 2.31. The maximum atomic E-state index is 5.40. The first-order valence-corrected chi connectivity index (χ1v) is 9.90. The molecule has 1 aliphatic heterocycles. The number of nitrogens with zero attached hydrogens (tertiary/aromatic N) is 1. The molecule has 1 aliphatic rings. The lowest BCUT2D eigenvalue weighted by molar-refractivity contribution is 0.641. The quantitative estimate of drug-likeness (QED) is 0.534. The summed E-state index contributed by atoms with van der Waals surface area (Å²) in [5, 5.41) is 7.24. The number of para-hydroxylation sites is 1. The lowest BCUT2D eigenvalue weighted by Gasteiger charge is -2.25. The van der Waals surface area contributed by atoms with Gasteiger partial charge in [-0.15, -0.1) is 0 Å². The molecule has 2 aromatic rings. The fourth-order valence-corrected chi connectivity index (χ4v) is 3.79. The van der Waals surface area contributed by atoms with E-state index < -0.39 is 0 Å². The molecule has 3 rings (SSSR count). The second-order valence-corrected chi connectivity index (χ2v) is 7.84. The minimum absolute atomic E-state index is 0.577. The number of benzene rings is 2. The Bertz CT molecular complexity index is 762. The predicted octanol–water partition coefficient (Wildman–Crippen LogP) is 4.89. The van der Waals surface area contributed by atoms with Gasteiger partial charge in [-0.2, -0.15) is 0 Å². The summed E-state index contributed by atoms with van der Waals surface area (Å²) in [5.41, 5.74) is 5.06.